The lowest BCUT2D eigenvalue weighted by atomic mass is 10.3. The van der Waals surface area contributed by atoms with Crippen molar-refractivity contribution in [1.29, 1.82) is 0 Å². The van der Waals surface area contributed by atoms with Crippen molar-refractivity contribution in [2.45, 2.75) is 13.1 Å². The summed E-state index contributed by atoms with van der Waals surface area (Å²) in [5, 5.41) is 2.75. The van der Waals surface area contributed by atoms with Crippen LogP contribution in [-0.2, 0) is 17.9 Å². The zero-order valence-corrected chi connectivity index (χ0v) is 11.1. The van der Waals surface area contributed by atoms with Gasteiger partial charge >= 0.3 is 0 Å². The highest BCUT2D eigenvalue weighted by atomic mass is 79.9. The maximum Gasteiger partial charge on any atom is 0.251 e. The topological polar surface area (TPSA) is 66.9 Å². The molecule has 0 radical (unpaired) electrons. The van der Waals surface area contributed by atoms with Gasteiger partial charge in [-0.3, -0.25) is 9.59 Å². The number of hydrogen-bond donors (Lipinski definition) is 2. The van der Waals surface area contributed by atoms with E-state index in [0.29, 0.717) is 6.54 Å². The number of carbonyl (C=O) groups excluding carboxylic acids is 1. The van der Waals surface area contributed by atoms with Crippen LogP contribution in [0, 0.1) is 0 Å². The molecule has 1 amide bonds. The lowest BCUT2D eigenvalue weighted by molar-refractivity contribution is -0.121. The Kier molecular flexibility index (Phi) is 3.99. The standard InChI is InChI=1S/C12H12BrN3O2/c13-10-1-2-12(18)16(7-10)8-11(17)15-6-9-3-4-14-5-9/h1-5,7,14H,6,8H2,(H,15,17). The van der Waals surface area contributed by atoms with E-state index in [9.17, 15) is 9.59 Å². The summed E-state index contributed by atoms with van der Waals surface area (Å²) in [6.07, 6.45) is 5.20. The highest BCUT2D eigenvalue weighted by Gasteiger charge is 2.04. The number of halogens is 1. The van der Waals surface area contributed by atoms with Crippen LogP contribution in [-0.4, -0.2) is 15.5 Å². The predicted molar refractivity (Wildman–Crippen MR) is 71.0 cm³/mol. The van der Waals surface area contributed by atoms with Gasteiger partial charge in [0.25, 0.3) is 5.56 Å². The van der Waals surface area contributed by atoms with E-state index in [1.165, 1.54) is 10.6 Å². The van der Waals surface area contributed by atoms with Crippen molar-refractivity contribution in [2.24, 2.45) is 0 Å². The number of aromatic amines is 1. The van der Waals surface area contributed by atoms with E-state index in [4.69, 9.17) is 0 Å². The first-order valence-electron chi connectivity index (χ1n) is 5.39. The maximum absolute atomic E-state index is 11.7. The van der Waals surface area contributed by atoms with Crippen molar-refractivity contribution < 1.29 is 4.79 Å². The molecule has 2 aromatic heterocycles. The minimum absolute atomic E-state index is 0.0166. The minimum Gasteiger partial charge on any atom is -0.367 e. The third-order valence-corrected chi connectivity index (χ3v) is 2.88. The molecular weight excluding hydrogens is 298 g/mol. The first kappa shape index (κ1) is 12.6. The normalized spacial score (nSPS) is 10.3. The Morgan fingerprint density at radius 3 is 2.94 bits per heavy atom. The molecule has 2 heterocycles. The lowest BCUT2D eigenvalue weighted by Crippen LogP contribution is -2.31. The van der Waals surface area contributed by atoms with Gasteiger partial charge in [0, 0.05) is 35.7 Å². The molecule has 0 aromatic carbocycles. The van der Waals surface area contributed by atoms with Gasteiger partial charge in [0.05, 0.1) is 0 Å². The molecule has 0 unspecified atom stereocenters. The van der Waals surface area contributed by atoms with E-state index in [1.807, 2.05) is 12.3 Å². The summed E-state index contributed by atoms with van der Waals surface area (Å²) in [5.74, 6) is -0.198. The molecule has 0 fully saturated rings. The monoisotopic (exact) mass is 309 g/mol. The van der Waals surface area contributed by atoms with Crippen molar-refractivity contribution in [3.63, 3.8) is 0 Å². The Hall–Kier alpha value is -1.82. The van der Waals surface area contributed by atoms with Gasteiger partial charge < -0.3 is 14.9 Å². The highest BCUT2D eigenvalue weighted by Crippen LogP contribution is 2.04. The van der Waals surface area contributed by atoms with Crippen molar-refractivity contribution in [2.75, 3.05) is 0 Å². The molecule has 0 saturated carbocycles. The average molecular weight is 310 g/mol. The van der Waals surface area contributed by atoms with Crippen LogP contribution in [0.25, 0.3) is 0 Å². The van der Waals surface area contributed by atoms with Crippen molar-refractivity contribution in [1.82, 2.24) is 14.9 Å². The summed E-state index contributed by atoms with van der Waals surface area (Å²) in [5.41, 5.74) is 0.792. The van der Waals surface area contributed by atoms with E-state index in [-0.39, 0.29) is 18.0 Å². The molecule has 5 nitrogen and oxygen atoms in total. The first-order chi connectivity index (χ1) is 8.65. The fraction of sp³-hybridized carbons (Fsp3) is 0.167. The van der Waals surface area contributed by atoms with Crippen LogP contribution in [0.5, 0.6) is 0 Å². The van der Waals surface area contributed by atoms with Crippen molar-refractivity contribution in [3.05, 3.63) is 57.2 Å². The molecule has 2 N–H and O–H groups in total. The fourth-order valence-corrected chi connectivity index (χ4v) is 1.88. The van der Waals surface area contributed by atoms with E-state index < -0.39 is 0 Å². The van der Waals surface area contributed by atoms with Crippen LogP contribution in [0.3, 0.4) is 0 Å². The van der Waals surface area contributed by atoms with E-state index in [0.717, 1.165) is 10.0 Å². The number of rotatable bonds is 4. The number of H-pyrrole nitrogens is 1. The van der Waals surface area contributed by atoms with Gasteiger partial charge in [0.1, 0.15) is 6.54 Å². The van der Waals surface area contributed by atoms with Crippen molar-refractivity contribution in [3.8, 4) is 0 Å². The van der Waals surface area contributed by atoms with Crippen LogP contribution in [0.1, 0.15) is 5.56 Å². The smallest absolute Gasteiger partial charge is 0.251 e. The zero-order chi connectivity index (χ0) is 13.0. The summed E-state index contributed by atoms with van der Waals surface area (Å²) < 4.78 is 2.12. The van der Waals surface area contributed by atoms with Gasteiger partial charge in [-0.15, -0.1) is 0 Å². The Morgan fingerprint density at radius 2 is 2.22 bits per heavy atom. The van der Waals surface area contributed by atoms with Gasteiger partial charge in [-0.1, -0.05) is 0 Å². The molecule has 0 aliphatic carbocycles. The molecule has 0 aliphatic rings. The highest BCUT2D eigenvalue weighted by molar-refractivity contribution is 9.10. The zero-order valence-electron chi connectivity index (χ0n) is 9.52. The molecule has 0 bridgehead atoms. The molecule has 0 aliphatic heterocycles. The summed E-state index contributed by atoms with van der Waals surface area (Å²) in [4.78, 5) is 26.1. The Bertz CT molecular complexity index is 590. The van der Waals surface area contributed by atoms with E-state index in [1.54, 1.807) is 18.5 Å². The molecule has 18 heavy (non-hydrogen) atoms. The van der Waals surface area contributed by atoms with Gasteiger partial charge in [0.2, 0.25) is 5.91 Å². The first-order valence-corrected chi connectivity index (χ1v) is 6.19. The Labute approximate surface area is 112 Å². The number of hydrogen-bond acceptors (Lipinski definition) is 2. The second-order valence-electron chi connectivity index (χ2n) is 3.81. The van der Waals surface area contributed by atoms with Gasteiger partial charge in [-0.05, 0) is 33.6 Å². The van der Waals surface area contributed by atoms with E-state index in [2.05, 4.69) is 26.2 Å². The summed E-state index contributed by atoms with van der Waals surface area (Å²) in [6.45, 7) is 0.466. The number of pyridine rings is 1. The predicted octanol–water partition coefficient (Wildman–Crippen LogP) is 1.26. The Balaban J connectivity index is 1.95. The van der Waals surface area contributed by atoms with Crippen LogP contribution >= 0.6 is 15.9 Å². The summed E-state index contributed by atoms with van der Waals surface area (Å²) in [6, 6.07) is 4.95. The third kappa shape index (κ3) is 3.33. The SMILES string of the molecule is O=C(Cn1cc(Br)ccc1=O)NCc1cc[nH]c1. The number of nitrogens with zero attached hydrogens (tertiary/aromatic N) is 1. The second-order valence-corrected chi connectivity index (χ2v) is 4.73. The molecule has 6 heteroatoms. The van der Waals surface area contributed by atoms with Crippen molar-refractivity contribution >= 4 is 21.8 Å². The molecule has 0 saturated heterocycles. The van der Waals surface area contributed by atoms with Crippen LogP contribution in [0.15, 0.2) is 46.1 Å². The summed E-state index contributed by atoms with van der Waals surface area (Å²) >= 11 is 3.26. The summed E-state index contributed by atoms with van der Waals surface area (Å²) in [7, 11) is 0. The quantitative estimate of drug-likeness (QED) is 0.893. The third-order valence-electron chi connectivity index (χ3n) is 2.41. The van der Waals surface area contributed by atoms with Crippen LogP contribution in [0.4, 0.5) is 0 Å². The minimum atomic E-state index is -0.199. The lowest BCUT2D eigenvalue weighted by Gasteiger charge is -2.06. The molecule has 94 valence electrons. The number of aromatic nitrogens is 2. The Morgan fingerprint density at radius 1 is 1.39 bits per heavy atom. The number of amides is 1. The average Bonchev–Trinajstić information content (AvgIpc) is 2.84. The largest absolute Gasteiger partial charge is 0.367 e. The van der Waals surface area contributed by atoms with Gasteiger partial charge in [-0.2, -0.15) is 0 Å². The van der Waals surface area contributed by atoms with Gasteiger partial charge in [0.15, 0.2) is 0 Å². The molecule has 2 aromatic rings. The number of carbonyl (C=O) groups is 1. The second kappa shape index (κ2) is 5.68. The van der Waals surface area contributed by atoms with Gasteiger partial charge in [-0.25, -0.2) is 0 Å². The van der Waals surface area contributed by atoms with E-state index >= 15 is 0 Å². The van der Waals surface area contributed by atoms with Crippen LogP contribution < -0.4 is 10.9 Å². The van der Waals surface area contributed by atoms with Crippen LogP contribution in [0.2, 0.25) is 0 Å². The molecule has 2 rings (SSSR count). The molecule has 0 atom stereocenters. The maximum atomic E-state index is 11.7. The molecular formula is C12H12BrN3O2. The fourth-order valence-electron chi connectivity index (χ4n) is 1.51. The number of nitrogens with one attached hydrogen (secondary N) is 2. The molecule has 0 spiro atoms.